The van der Waals surface area contributed by atoms with Crippen LogP contribution in [0.15, 0.2) is 42.7 Å². The van der Waals surface area contributed by atoms with Crippen LogP contribution in [0.5, 0.6) is 5.75 Å². The third-order valence-corrected chi connectivity index (χ3v) is 2.93. The van der Waals surface area contributed by atoms with Gasteiger partial charge in [0.1, 0.15) is 5.75 Å². The minimum atomic E-state index is -4.71. The standard InChI is InChI=1S/C13H10ClF3N2O.ClH/c14-11-7-19-6-5-10(11)12(18)8-1-3-9(4-2-8)20-13(15,16)17;/h1-7,12H,18H2;1H/t12-;/m1./s1. The lowest BCUT2D eigenvalue weighted by Crippen LogP contribution is -2.17. The van der Waals surface area contributed by atoms with E-state index in [-0.39, 0.29) is 18.2 Å². The van der Waals surface area contributed by atoms with Crippen LogP contribution in [0, 0.1) is 0 Å². The van der Waals surface area contributed by atoms with Crippen molar-refractivity contribution >= 4 is 24.0 Å². The van der Waals surface area contributed by atoms with Gasteiger partial charge >= 0.3 is 6.36 Å². The fraction of sp³-hybridized carbons (Fsp3) is 0.154. The number of aromatic nitrogens is 1. The molecule has 0 spiro atoms. The number of rotatable bonds is 3. The first-order chi connectivity index (χ1) is 9.37. The van der Waals surface area contributed by atoms with E-state index in [0.29, 0.717) is 16.1 Å². The molecule has 1 heterocycles. The second-order valence-corrected chi connectivity index (χ2v) is 4.40. The van der Waals surface area contributed by atoms with Gasteiger partial charge in [-0.1, -0.05) is 23.7 Å². The van der Waals surface area contributed by atoms with Gasteiger partial charge in [-0.3, -0.25) is 4.98 Å². The summed E-state index contributed by atoms with van der Waals surface area (Å²) in [4.78, 5) is 3.84. The van der Waals surface area contributed by atoms with Crippen LogP contribution in [0.4, 0.5) is 13.2 Å². The maximum absolute atomic E-state index is 12.0. The van der Waals surface area contributed by atoms with Crippen molar-refractivity contribution in [2.45, 2.75) is 12.4 Å². The first kappa shape index (κ1) is 17.6. The van der Waals surface area contributed by atoms with Gasteiger partial charge < -0.3 is 10.5 Å². The average molecular weight is 339 g/mol. The molecular formula is C13H11Cl2F3N2O. The highest BCUT2D eigenvalue weighted by atomic mass is 35.5. The Kier molecular flexibility index (Phi) is 5.83. The largest absolute Gasteiger partial charge is 0.573 e. The summed E-state index contributed by atoms with van der Waals surface area (Å²) in [5, 5.41) is 0.399. The molecule has 0 aliphatic heterocycles. The summed E-state index contributed by atoms with van der Waals surface area (Å²) in [5.74, 6) is -0.297. The van der Waals surface area contributed by atoms with Crippen molar-refractivity contribution < 1.29 is 17.9 Å². The van der Waals surface area contributed by atoms with Gasteiger partial charge in [0.2, 0.25) is 0 Å². The number of alkyl halides is 3. The van der Waals surface area contributed by atoms with Gasteiger partial charge in [0.25, 0.3) is 0 Å². The summed E-state index contributed by atoms with van der Waals surface area (Å²) in [6.07, 6.45) is -1.71. The van der Waals surface area contributed by atoms with E-state index < -0.39 is 12.4 Å². The van der Waals surface area contributed by atoms with Crippen LogP contribution in [0.3, 0.4) is 0 Å². The zero-order chi connectivity index (χ0) is 14.8. The molecule has 21 heavy (non-hydrogen) atoms. The summed E-state index contributed by atoms with van der Waals surface area (Å²) in [6.45, 7) is 0. The van der Waals surface area contributed by atoms with Crippen LogP contribution in [0.25, 0.3) is 0 Å². The number of halogens is 5. The number of nitrogens with zero attached hydrogens (tertiary/aromatic N) is 1. The molecule has 0 radical (unpaired) electrons. The topological polar surface area (TPSA) is 48.1 Å². The minimum Gasteiger partial charge on any atom is -0.406 e. The third-order valence-electron chi connectivity index (χ3n) is 2.61. The Bertz CT molecular complexity index is 591. The molecule has 114 valence electrons. The average Bonchev–Trinajstić information content (AvgIpc) is 2.37. The van der Waals surface area contributed by atoms with Gasteiger partial charge in [0, 0.05) is 12.4 Å². The molecule has 2 aromatic rings. The lowest BCUT2D eigenvalue weighted by molar-refractivity contribution is -0.274. The van der Waals surface area contributed by atoms with Gasteiger partial charge in [-0.25, -0.2) is 0 Å². The number of ether oxygens (including phenoxy) is 1. The highest BCUT2D eigenvalue weighted by Crippen LogP contribution is 2.28. The predicted octanol–water partition coefficient (Wildman–Crippen LogP) is 4.10. The molecule has 1 aromatic heterocycles. The quantitative estimate of drug-likeness (QED) is 0.916. The Morgan fingerprint density at radius 1 is 1.14 bits per heavy atom. The van der Waals surface area contributed by atoms with Crippen molar-refractivity contribution in [3.8, 4) is 5.75 Å². The maximum atomic E-state index is 12.0. The Labute approximate surface area is 130 Å². The molecule has 2 N–H and O–H groups in total. The molecule has 1 atom stereocenters. The summed E-state index contributed by atoms with van der Waals surface area (Å²) in [6, 6.07) is 6.44. The van der Waals surface area contributed by atoms with E-state index in [4.69, 9.17) is 17.3 Å². The highest BCUT2D eigenvalue weighted by Gasteiger charge is 2.31. The highest BCUT2D eigenvalue weighted by molar-refractivity contribution is 6.31. The molecule has 1 aromatic carbocycles. The van der Waals surface area contributed by atoms with E-state index in [1.807, 2.05) is 0 Å². The van der Waals surface area contributed by atoms with Crippen molar-refractivity contribution in [2.75, 3.05) is 0 Å². The minimum absolute atomic E-state index is 0. The normalized spacial score (nSPS) is 12.4. The smallest absolute Gasteiger partial charge is 0.406 e. The number of nitrogens with two attached hydrogens (primary N) is 1. The lowest BCUT2D eigenvalue weighted by atomic mass is 10.0. The van der Waals surface area contributed by atoms with Crippen molar-refractivity contribution in [1.82, 2.24) is 4.98 Å². The van der Waals surface area contributed by atoms with E-state index in [9.17, 15) is 13.2 Å². The van der Waals surface area contributed by atoms with E-state index in [0.717, 1.165) is 0 Å². The molecule has 0 bridgehead atoms. The molecule has 0 aliphatic rings. The van der Waals surface area contributed by atoms with Gasteiger partial charge in [-0.15, -0.1) is 25.6 Å². The van der Waals surface area contributed by atoms with Crippen LogP contribution in [0.1, 0.15) is 17.2 Å². The second kappa shape index (κ2) is 6.98. The molecule has 8 heteroatoms. The zero-order valence-electron chi connectivity index (χ0n) is 10.5. The summed E-state index contributed by atoms with van der Waals surface area (Å²) >= 11 is 5.97. The van der Waals surface area contributed by atoms with Gasteiger partial charge in [-0.2, -0.15) is 0 Å². The monoisotopic (exact) mass is 338 g/mol. The van der Waals surface area contributed by atoms with Crippen LogP contribution < -0.4 is 10.5 Å². The Morgan fingerprint density at radius 2 is 1.76 bits per heavy atom. The number of pyridine rings is 1. The van der Waals surface area contributed by atoms with Gasteiger partial charge in [-0.05, 0) is 29.3 Å². The molecule has 0 amide bonds. The van der Waals surface area contributed by atoms with Gasteiger partial charge in [0.15, 0.2) is 0 Å². The first-order valence-electron chi connectivity index (χ1n) is 5.57. The Balaban J connectivity index is 0.00000220. The molecule has 0 aliphatic carbocycles. The van der Waals surface area contributed by atoms with Crippen molar-refractivity contribution in [2.24, 2.45) is 5.73 Å². The Hall–Kier alpha value is -1.50. The third kappa shape index (κ3) is 4.77. The number of hydrogen-bond donors (Lipinski definition) is 1. The van der Waals surface area contributed by atoms with E-state index in [1.165, 1.54) is 30.5 Å². The fourth-order valence-electron chi connectivity index (χ4n) is 1.69. The van der Waals surface area contributed by atoms with Crippen molar-refractivity contribution in [3.05, 3.63) is 58.9 Å². The second-order valence-electron chi connectivity index (χ2n) is 3.99. The maximum Gasteiger partial charge on any atom is 0.573 e. The van der Waals surface area contributed by atoms with Crippen LogP contribution >= 0.6 is 24.0 Å². The van der Waals surface area contributed by atoms with Crippen LogP contribution in [-0.2, 0) is 0 Å². The van der Waals surface area contributed by atoms with Crippen LogP contribution in [-0.4, -0.2) is 11.3 Å². The molecule has 2 rings (SSSR count). The molecule has 0 unspecified atom stereocenters. The first-order valence-corrected chi connectivity index (χ1v) is 5.95. The van der Waals surface area contributed by atoms with Crippen LogP contribution in [0.2, 0.25) is 5.02 Å². The molecule has 3 nitrogen and oxygen atoms in total. The Morgan fingerprint density at radius 3 is 2.29 bits per heavy atom. The lowest BCUT2D eigenvalue weighted by Gasteiger charge is -2.15. The summed E-state index contributed by atoms with van der Waals surface area (Å²) < 4.78 is 39.9. The van der Waals surface area contributed by atoms with E-state index in [1.54, 1.807) is 12.3 Å². The molecular weight excluding hydrogens is 328 g/mol. The summed E-state index contributed by atoms with van der Waals surface area (Å²) in [7, 11) is 0. The fourth-order valence-corrected chi connectivity index (χ4v) is 1.93. The SMILES string of the molecule is Cl.N[C@H](c1ccc(OC(F)(F)F)cc1)c1ccncc1Cl. The number of benzene rings is 1. The zero-order valence-corrected chi connectivity index (χ0v) is 12.0. The van der Waals surface area contributed by atoms with Gasteiger partial charge in [0.05, 0.1) is 11.1 Å². The predicted molar refractivity (Wildman–Crippen MR) is 75.7 cm³/mol. The molecule has 0 saturated carbocycles. The molecule has 0 fully saturated rings. The summed E-state index contributed by atoms with van der Waals surface area (Å²) in [5.41, 5.74) is 7.28. The van der Waals surface area contributed by atoms with Crippen molar-refractivity contribution in [1.29, 1.82) is 0 Å². The molecule has 0 saturated heterocycles. The number of hydrogen-bond acceptors (Lipinski definition) is 3. The van der Waals surface area contributed by atoms with E-state index >= 15 is 0 Å². The van der Waals surface area contributed by atoms with E-state index in [2.05, 4.69) is 9.72 Å². The van der Waals surface area contributed by atoms with Crippen molar-refractivity contribution in [3.63, 3.8) is 0 Å².